The van der Waals surface area contributed by atoms with E-state index in [1.54, 1.807) is 35.5 Å². The van der Waals surface area contributed by atoms with Crippen LogP contribution in [0.3, 0.4) is 0 Å². The number of nitrogens with one attached hydrogen (secondary N) is 1. The summed E-state index contributed by atoms with van der Waals surface area (Å²) in [6.07, 6.45) is 5.67. The summed E-state index contributed by atoms with van der Waals surface area (Å²) in [6.45, 7) is 0.453. The van der Waals surface area contributed by atoms with E-state index in [4.69, 9.17) is 0 Å². The molecule has 7 heteroatoms. The van der Waals surface area contributed by atoms with E-state index in [0.717, 1.165) is 11.3 Å². The first kappa shape index (κ1) is 16.7. The fourth-order valence-corrected chi connectivity index (χ4v) is 4.54. The maximum Gasteiger partial charge on any atom is 0.273 e. The molecule has 0 aliphatic carbocycles. The SMILES string of the molecule is Cn1ccnc1[C@@H]1N(C(=O)c2ccccn2)CC[C@]12C(=O)Nc1ccccc12. The van der Waals surface area contributed by atoms with Crippen molar-refractivity contribution in [3.05, 3.63) is 78.1 Å². The van der Waals surface area contributed by atoms with Crippen molar-refractivity contribution >= 4 is 17.5 Å². The van der Waals surface area contributed by atoms with Crippen LogP contribution in [0.2, 0.25) is 0 Å². The number of carbonyl (C=O) groups excluding carboxylic acids is 2. The third-order valence-electron chi connectivity index (χ3n) is 5.83. The lowest BCUT2D eigenvalue weighted by atomic mass is 9.74. The molecule has 3 aromatic rings. The predicted molar refractivity (Wildman–Crippen MR) is 103 cm³/mol. The van der Waals surface area contributed by atoms with Gasteiger partial charge < -0.3 is 14.8 Å². The summed E-state index contributed by atoms with van der Waals surface area (Å²) in [7, 11) is 1.89. The van der Waals surface area contributed by atoms with Crippen molar-refractivity contribution in [3.8, 4) is 0 Å². The van der Waals surface area contributed by atoms with Gasteiger partial charge in [0.05, 0.1) is 0 Å². The zero-order chi connectivity index (χ0) is 19.3. The third kappa shape index (κ3) is 2.16. The molecule has 0 unspecified atom stereocenters. The number of hydrogen-bond donors (Lipinski definition) is 1. The average molecular weight is 373 g/mol. The Balaban J connectivity index is 1.69. The van der Waals surface area contributed by atoms with Crippen LogP contribution in [0, 0.1) is 0 Å². The van der Waals surface area contributed by atoms with Crippen LogP contribution in [0.1, 0.15) is 34.3 Å². The molecule has 1 fully saturated rings. The predicted octanol–water partition coefficient (Wildman–Crippen LogP) is 2.29. The molecule has 5 rings (SSSR count). The Morgan fingerprint density at radius 2 is 1.96 bits per heavy atom. The van der Waals surface area contributed by atoms with Crippen molar-refractivity contribution in [1.29, 1.82) is 0 Å². The van der Waals surface area contributed by atoms with Crippen LogP contribution in [-0.2, 0) is 17.3 Å². The van der Waals surface area contributed by atoms with Crippen LogP contribution < -0.4 is 5.32 Å². The van der Waals surface area contributed by atoms with Crippen LogP contribution >= 0.6 is 0 Å². The average Bonchev–Trinajstić information content (AvgIpc) is 3.39. The topological polar surface area (TPSA) is 80.1 Å². The molecule has 28 heavy (non-hydrogen) atoms. The molecular weight excluding hydrogens is 354 g/mol. The van der Waals surface area contributed by atoms with E-state index in [1.165, 1.54) is 0 Å². The number of hydrogen-bond acceptors (Lipinski definition) is 4. The van der Waals surface area contributed by atoms with Gasteiger partial charge in [-0.1, -0.05) is 24.3 Å². The van der Waals surface area contributed by atoms with Gasteiger partial charge in [-0.05, 0) is 30.2 Å². The van der Waals surface area contributed by atoms with Gasteiger partial charge >= 0.3 is 0 Å². The minimum absolute atomic E-state index is 0.0852. The Bertz CT molecular complexity index is 1080. The highest BCUT2D eigenvalue weighted by Gasteiger charge is 2.60. The number of fused-ring (bicyclic) bond motifs is 2. The second kappa shape index (κ2) is 6.02. The number of aryl methyl sites for hydroxylation is 1. The lowest BCUT2D eigenvalue weighted by Gasteiger charge is -2.33. The standard InChI is InChI=1S/C21H19N5O2/c1-25-13-11-23-18(25)17-21(14-6-2-3-7-15(14)24-20(21)28)9-12-26(17)19(27)16-8-4-5-10-22-16/h2-8,10-11,13,17H,9,12H2,1H3,(H,24,28)/t17-,21+/m0/s1. The molecule has 0 bridgehead atoms. The van der Waals surface area contributed by atoms with Crippen molar-refractivity contribution in [2.24, 2.45) is 7.05 Å². The normalized spacial score (nSPS) is 23.1. The number of carbonyl (C=O) groups is 2. The molecule has 1 aromatic carbocycles. The van der Waals surface area contributed by atoms with Gasteiger partial charge in [-0.2, -0.15) is 0 Å². The van der Waals surface area contributed by atoms with Gasteiger partial charge in [0.15, 0.2) is 0 Å². The fourth-order valence-electron chi connectivity index (χ4n) is 4.54. The lowest BCUT2D eigenvalue weighted by molar-refractivity contribution is -0.121. The van der Waals surface area contributed by atoms with Gasteiger partial charge in [-0.25, -0.2) is 4.98 Å². The van der Waals surface area contributed by atoms with Gasteiger partial charge in [0.1, 0.15) is 23.0 Å². The van der Waals surface area contributed by atoms with Crippen molar-refractivity contribution < 1.29 is 9.59 Å². The van der Waals surface area contributed by atoms with E-state index in [9.17, 15) is 9.59 Å². The summed E-state index contributed by atoms with van der Waals surface area (Å²) in [5, 5.41) is 3.01. The minimum atomic E-state index is -0.861. The monoisotopic (exact) mass is 373 g/mol. The van der Waals surface area contributed by atoms with Crippen LogP contribution in [0.25, 0.3) is 0 Å². The molecule has 7 nitrogen and oxygen atoms in total. The number of anilines is 1. The number of para-hydroxylation sites is 1. The van der Waals surface area contributed by atoms with Crippen molar-refractivity contribution in [1.82, 2.24) is 19.4 Å². The van der Waals surface area contributed by atoms with Gasteiger partial charge in [-0.3, -0.25) is 14.6 Å². The molecule has 1 saturated heterocycles. The van der Waals surface area contributed by atoms with E-state index >= 15 is 0 Å². The Morgan fingerprint density at radius 3 is 2.71 bits per heavy atom. The number of pyridine rings is 1. The van der Waals surface area contributed by atoms with E-state index < -0.39 is 11.5 Å². The minimum Gasteiger partial charge on any atom is -0.336 e. The largest absolute Gasteiger partial charge is 0.336 e. The van der Waals surface area contributed by atoms with Crippen LogP contribution in [-0.4, -0.2) is 37.8 Å². The van der Waals surface area contributed by atoms with E-state index in [0.29, 0.717) is 24.5 Å². The van der Waals surface area contributed by atoms with Crippen LogP contribution in [0.15, 0.2) is 61.1 Å². The molecule has 0 saturated carbocycles. The Hall–Kier alpha value is -3.48. The Kier molecular flexibility index (Phi) is 3.58. The first-order valence-electron chi connectivity index (χ1n) is 9.23. The number of aromatic nitrogens is 3. The second-order valence-corrected chi connectivity index (χ2v) is 7.23. The molecule has 2 aromatic heterocycles. The number of likely N-dealkylation sites (tertiary alicyclic amines) is 1. The van der Waals surface area contributed by atoms with E-state index in [-0.39, 0.29) is 11.8 Å². The van der Waals surface area contributed by atoms with Crippen LogP contribution in [0.4, 0.5) is 5.69 Å². The van der Waals surface area contributed by atoms with Crippen molar-refractivity contribution in [2.45, 2.75) is 17.9 Å². The molecule has 1 N–H and O–H groups in total. The first-order chi connectivity index (χ1) is 13.6. The van der Waals surface area contributed by atoms with Gasteiger partial charge in [0, 0.05) is 37.9 Å². The number of amides is 2. The molecule has 0 radical (unpaired) electrons. The summed E-state index contributed by atoms with van der Waals surface area (Å²) in [6, 6.07) is 12.5. The molecule has 1 spiro atoms. The first-order valence-corrected chi connectivity index (χ1v) is 9.23. The highest BCUT2D eigenvalue weighted by Crippen LogP contribution is 2.54. The van der Waals surface area contributed by atoms with Crippen molar-refractivity contribution in [3.63, 3.8) is 0 Å². The van der Waals surface area contributed by atoms with Gasteiger partial charge in [0.25, 0.3) is 5.91 Å². The number of rotatable bonds is 2. The summed E-state index contributed by atoms with van der Waals surface area (Å²) >= 11 is 0. The van der Waals surface area contributed by atoms with E-state index in [1.807, 2.05) is 42.1 Å². The Labute approximate surface area is 162 Å². The number of imidazole rings is 1. The highest BCUT2D eigenvalue weighted by molar-refractivity contribution is 6.08. The molecule has 2 aliphatic rings. The lowest BCUT2D eigenvalue weighted by Crippen LogP contribution is -2.44. The summed E-state index contributed by atoms with van der Waals surface area (Å²) in [5.41, 5.74) is 1.23. The summed E-state index contributed by atoms with van der Waals surface area (Å²) in [4.78, 5) is 37.1. The van der Waals surface area contributed by atoms with E-state index in [2.05, 4.69) is 15.3 Å². The fraction of sp³-hybridized carbons (Fsp3) is 0.238. The second-order valence-electron chi connectivity index (χ2n) is 7.23. The molecule has 2 aliphatic heterocycles. The molecule has 2 atom stereocenters. The smallest absolute Gasteiger partial charge is 0.273 e. The van der Waals surface area contributed by atoms with Crippen LogP contribution in [0.5, 0.6) is 0 Å². The van der Waals surface area contributed by atoms with Gasteiger partial charge in [0.2, 0.25) is 5.91 Å². The summed E-state index contributed by atoms with van der Waals surface area (Å²) < 4.78 is 1.88. The molecule has 2 amide bonds. The third-order valence-corrected chi connectivity index (χ3v) is 5.83. The van der Waals surface area contributed by atoms with Gasteiger partial charge in [-0.15, -0.1) is 0 Å². The zero-order valence-corrected chi connectivity index (χ0v) is 15.4. The molecule has 140 valence electrons. The highest BCUT2D eigenvalue weighted by atomic mass is 16.2. The number of nitrogens with zero attached hydrogens (tertiary/aromatic N) is 4. The maximum absolute atomic E-state index is 13.3. The van der Waals surface area contributed by atoms with Crippen molar-refractivity contribution in [2.75, 3.05) is 11.9 Å². The maximum atomic E-state index is 13.3. The quantitative estimate of drug-likeness (QED) is 0.747. The number of benzene rings is 1. The molecule has 4 heterocycles. The molecular formula is C21H19N5O2. The zero-order valence-electron chi connectivity index (χ0n) is 15.4. The summed E-state index contributed by atoms with van der Waals surface area (Å²) in [5.74, 6) is 0.411. The Morgan fingerprint density at radius 1 is 1.14 bits per heavy atom.